The number of carbonyl (C=O) groups is 2. The molecule has 0 radical (unpaired) electrons. The molecule has 2 heterocycles. The normalized spacial score (nSPS) is 13.1. The molecule has 1 aromatic heterocycles. The number of benzene rings is 2. The lowest BCUT2D eigenvalue weighted by Gasteiger charge is -2.20. The predicted molar refractivity (Wildman–Crippen MR) is 130 cm³/mol. The number of aromatic nitrogens is 1. The minimum absolute atomic E-state index is 0.0621. The summed E-state index contributed by atoms with van der Waals surface area (Å²) in [6.45, 7) is 1.40. The molecule has 1 saturated heterocycles. The van der Waals surface area contributed by atoms with Crippen LogP contribution in [-0.2, 0) is 11.2 Å². The summed E-state index contributed by atoms with van der Waals surface area (Å²) in [5.74, 6) is 0.439. The molecular weight excluding hydrogens is 462 g/mol. The summed E-state index contributed by atoms with van der Waals surface area (Å²) in [7, 11) is 3.02. The van der Waals surface area contributed by atoms with Crippen molar-refractivity contribution >= 4 is 40.4 Å². The van der Waals surface area contributed by atoms with Crippen molar-refractivity contribution in [2.75, 3.05) is 32.6 Å². The lowest BCUT2D eigenvalue weighted by Crippen LogP contribution is -2.29. The highest BCUT2D eigenvalue weighted by atomic mass is 35.5. The van der Waals surface area contributed by atoms with E-state index in [4.69, 9.17) is 21.1 Å². The number of likely N-dealkylation sites (tertiary alicyclic amines) is 1. The number of thiazole rings is 1. The summed E-state index contributed by atoms with van der Waals surface area (Å²) in [4.78, 5) is 32.3. The van der Waals surface area contributed by atoms with Gasteiger partial charge in [-0.05, 0) is 25.0 Å². The van der Waals surface area contributed by atoms with Gasteiger partial charge in [0.2, 0.25) is 5.91 Å². The summed E-state index contributed by atoms with van der Waals surface area (Å²) in [5.41, 5.74) is 2.21. The average molecular weight is 486 g/mol. The highest BCUT2D eigenvalue weighted by Crippen LogP contribution is 2.35. The van der Waals surface area contributed by atoms with Gasteiger partial charge in [-0.15, -0.1) is 11.3 Å². The van der Waals surface area contributed by atoms with E-state index >= 15 is 0 Å². The minimum Gasteiger partial charge on any atom is -0.493 e. The zero-order valence-electron chi connectivity index (χ0n) is 18.4. The maximum atomic E-state index is 13.1. The second kappa shape index (κ2) is 10.2. The first-order chi connectivity index (χ1) is 16.0. The fourth-order valence-electron chi connectivity index (χ4n) is 3.76. The van der Waals surface area contributed by atoms with Crippen LogP contribution in [0, 0.1) is 0 Å². The van der Waals surface area contributed by atoms with Gasteiger partial charge in [-0.3, -0.25) is 9.59 Å². The van der Waals surface area contributed by atoms with E-state index in [2.05, 4.69) is 10.3 Å². The number of hydrogen-bond donors (Lipinski definition) is 1. The summed E-state index contributed by atoms with van der Waals surface area (Å²) < 4.78 is 10.7. The lowest BCUT2D eigenvalue weighted by molar-refractivity contribution is -0.115. The van der Waals surface area contributed by atoms with Crippen molar-refractivity contribution in [1.82, 2.24) is 9.88 Å². The summed E-state index contributed by atoms with van der Waals surface area (Å²) in [6, 6.07) is 10.7. The highest BCUT2D eigenvalue weighted by Gasteiger charge is 2.25. The molecule has 0 saturated carbocycles. The Hall–Kier alpha value is -3.10. The van der Waals surface area contributed by atoms with E-state index < -0.39 is 0 Å². The molecule has 0 aliphatic carbocycles. The predicted octanol–water partition coefficient (Wildman–Crippen LogP) is 4.90. The second-order valence-corrected chi connectivity index (χ2v) is 8.87. The van der Waals surface area contributed by atoms with Gasteiger partial charge in [0.1, 0.15) is 5.01 Å². The maximum Gasteiger partial charge on any atom is 0.256 e. The SMILES string of the molecule is COc1cc(NC(=O)Cc2csc(-c3ccccc3Cl)n2)c(C(=O)N2CCCC2)cc1OC. The average Bonchev–Trinajstić information content (AvgIpc) is 3.51. The van der Waals surface area contributed by atoms with Gasteiger partial charge in [0, 0.05) is 30.1 Å². The number of nitrogens with zero attached hydrogens (tertiary/aromatic N) is 2. The van der Waals surface area contributed by atoms with Crippen LogP contribution >= 0.6 is 22.9 Å². The molecule has 3 aromatic rings. The lowest BCUT2D eigenvalue weighted by atomic mass is 10.1. The van der Waals surface area contributed by atoms with Crippen molar-refractivity contribution in [2.45, 2.75) is 19.3 Å². The molecular formula is C24H24ClN3O4S. The topological polar surface area (TPSA) is 80.8 Å². The van der Waals surface area contributed by atoms with Crippen LogP contribution in [0.25, 0.3) is 10.6 Å². The molecule has 0 atom stereocenters. The zero-order chi connectivity index (χ0) is 23.4. The van der Waals surface area contributed by atoms with Crippen molar-refractivity contribution in [3.63, 3.8) is 0 Å². The Kier molecular flexibility index (Phi) is 7.15. The van der Waals surface area contributed by atoms with E-state index in [1.165, 1.54) is 25.6 Å². The van der Waals surface area contributed by atoms with Crippen LogP contribution in [0.5, 0.6) is 11.5 Å². The van der Waals surface area contributed by atoms with Crippen LogP contribution in [0.2, 0.25) is 5.02 Å². The molecule has 0 bridgehead atoms. The van der Waals surface area contributed by atoms with Crippen molar-refractivity contribution in [3.8, 4) is 22.1 Å². The smallest absolute Gasteiger partial charge is 0.256 e. The van der Waals surface area contributed by atoms with Crippen LogP contribution in [-0.4, -0.2) is 49.0 Å². The van der Waals surface area contributed by atoms with Gasteiger partial charge >= 0.3 is 0 Å². The molecule has 0 spiro atoms. The molecule has 2 aromatic carbocycles. The molecule has 1 aliphatic rings. The Morgan fingerprint density at radius 2 is 1.82 bits per heavy atom. The number of hydrogen-bond acceptors (Lipinski definition) is 6. The van der Waals surface area contributed by atoms with Crippen molar-refractivity contribution < 1.29 is 19.1 Å². The van der Waals surface area contributed by atoms with E-state index in [-0.39, 0.29) is 18.2 Å². The third kappa shape index (κ3) is 5.12. The van der Waals surface area contributed by atoms with E-state index in [1.54, 1.807) is 23.1 Å². The number of ether oxygens (including phenoxy) is 2. The Morgan fingerprint density at radius 1 is 1.12 bits per heavy atom. The number of carbonyl (C=O) groups excluding carboxylic acids is 2. The summed E-state index contributed by atoms with van der Waals surface area (Å²) >= 11 is 7.69. The first kappa shape index (κ1) is 23.1. The molecule has 2 amide bonds. The second-order valence-electron chi connectivity index (χ2n) is 7.60. The monoisotopic (exact) mass is 485 g/mol. The molecule has 1 fully saturated rings. The number of amides is 2. The first-order valence-electron chi connectivity index (χ1n) is 10.5. The Balaban J connectivity index is 1.56. The van der Waals surface area contributed by atoms with Gasteiger partial charge < -0.3 is 19.7 Å². The van der Waals surface area contributed by atoms with Gasteiger partial charge in [0.25, 0.3) is 5.91 Å². The third-order valence-corrected chi connectivity index (χ3v) is 6.67. The minimum atomic E-state index is -0.284. The van der Waals surface area contributed by atoms with Crippen LogP contribution in [0.3, 0.4) is 0 Å². The summed E-state index contributed by atoms with van der Waals surface area (Å²) in [6.07, 6.45) is 2.00. The molecule has 172 valence electrons. The fourth-order valence-corrected chi connectivity index (χ4v) is 4.90. The Labute approximate surface area is 201 Å². The number of halogens is 1. The van der Waals surface area contributed by atoms with Gasteiger partial charge in [0.05, 0.1) is 42.6 Å². The maximum absolute atomic E-state index is 13.1. The summed E-state index contributed by atoms with van der Waals surface area (Å²) in [5, 5.41) is 6.06. The number of methoxy groups -OCH3 is 2. The zero-order valence-corrected chi connectivity index (χ0v) is 20.0. The van der Waals surface area contributed by atoms with Crippen molar-refractivity contribution in [1.29, 1.82) is 0 Å². The van der Waals surface area contributed by atoms with Crippen LogP contribution < -0.4 is 14.8 Å². The van der Waals surface area contributed by atoms with Crippen LogP contribution in [0.1, 0.15) is 28.9 Å². The molecule has 9 heteroatoms. The molecule has 33 heavy (non-hydrogen) atoms. The third-order valence-electron chi connectivity index (χ3n) is 5.42. The number of anilines is 1. The highest BCUT2D eigenvalue weighted by molar-refractivity contribution is 7.13. The molecule has 4 rings (SSSR count). The van der Waals surface area contributed by atoms with E-state index in [0.29, 0.717) is 46.6 Å². The van der Waals surface area contributed by atoms with Gasteiger partial charge in [-0.2, -0.15) is 0 Å². The van der Waals surface area contributed by atoms with Crippen molar-refractivity contribution in [3.05, 3.63) is 58.1 Å². The molecule has 0 unspecified atom stereocenters. The quantitative estimate of drug-likeness (QED) is 0.515. The van der Waals surface area contributed by atoms with E-state index in [0.717, 1.165) is 23.4 Å². The largest absolute Gasteiger partial charge is 0.493 e. The molecule has 7 nitrogen and oxygen atoms in total. The van der Waals surface area contributed by atoms with E-state index in [9.17, 15) is 9.59 Å². The van der Waals surface area contributed by atoms with Crippen molar-refractivity contribution in [2.24, 2.45) is 0 Å². The van der Waals surface area contributed by atoms with Crippen LogP contribution in [0.15, 0.2) is 41.8 Å². The number of rotatable bonds is 7. The van der Waals surface area contributed by atoms with Gasteiger partial charge in [0.15, 0.2) is 11.5 Å². The van der Waals surface area contributed by atoms with E-state index in [1.807, 2.05) is 23.6 Å². The number of nitrogens with one attached hydrogen (secondary N) is 1. The fraction of sp³-hybridized carbons (Fsp3) is 0.292. The van der Waals surface area contributed by atoms with Crippen LogP contribution in [0.4, 0.5) is 5.69 Å². The molecule has 1 aliphatic heterocycles. The van der Waals surface area contributed by atoms with Gasteiger partial charge in [-0.1, -0.05) is 29.8 Å². The molecule has 1 N–H and O–H groups in total. The standard InChI is InChI=1S/C24H24ClN3O4S/c1-31-20-12-17(24(30)28-9-5-6-10-28)19(13-21(20)32-2)27-22(29)11-15-14-33-23(26-15)16-7-3-4-8-18(16)25/h3-4,7-8,12-14H,5-6,9-11H2,1-2H3,(H,27,29). The van der Waals surface area contributed by atoms with Gasteiger partial charge in [-0.25, -0.2) is 4.98 Å². The Morgan fingerprint density at radius 3 is 2.52 bits per heavy atom. The Bertz CT molecular complexity index is 1170. The first-order valence-corrected chi connectivity index (χ1v) is 11.8.